The summed E-state index contributed by atoms with van der Waals surface area (Å²) in [5, 5.41) is 14.1. The number of unbranched alkanes of at least 4 members (excludes halogenated alkanes) is 40. The molecule has 82 heavy (non-hydrogen) atoms. The third kappa shape index (κ3) is 65.5. The average Bonchev–Trinajstić information content (AvgIpc) is 3.46. The lowest BCUT2D eigenvalue weighted by Gasteiger charge is -2.30. The van der Waals surface area contributed by atoms with Crippen molar-refractivity contribution in [1.82, 2.24) is 5.32 Å². The van der Waals surface area contributed by atoms with Crippen LogP contribution in [0.3, 0.4) is 0 Å². The van der Waals surface area contributed by atoms with Crippen LogP contribution in [0.5, 0.6) is 0 Å². The number of aliphatic hydroxyl groups excluding tert-OH is 1. The van der Waals surface area contributed by atoms with Gasteiger partial charge in [0.05, 0.1) is 39.9 Å². The summed E-state index contributed by atoms with van der Waals surface area (Å²) < 4.78 is 23.5. The standard InChI is InChI=1S/C73H137N2O6P/c1-6-8-10-12-14-16-18-20-22-24-26-28-29-30-31-32-33-34-35-36-37-38-39-40-41-42-43-44-45-47-49-51-53-55-57-59-61-63-65-67-73(77)74-71(70-81-82(78,79)80-69-68-75(3,4)5)72(76)66-64-62-60-58-56-54-52-50-48-46-27-25-23-21-19-17-15-13-11-9-7-2/h8,10,14,16,20,22,26,28,30-31,33-34,71-72,76H,6-7,9,11-13,15,17-19,21,23-25,27,29,32,35-70H2,1-5H3,(H-,74,77,78,79)/b10-8-,16-14-,22-20-,28-26-,31-30-,34-33-. The van der Waals surface area contributed by atoms with Crippen LogP contribution >= 0.6 is 7.82 Å². The average molecular weight is 1170 g/mol. The highest BCUT2D eigenvalue weighted by molar-refractivity contribution is 7.45. The quantitative estimate of drug-likeness (QED) is 0.0272. The second-order valence-electron chi connectivity index (χ2n) is 25.2. The van der Waals surface area contributed by atoms with Crippen molar-refractivity contribution >= 4 is 13.7 Å². The highest BCUT2D eigenvalue weighted by atomic mass is 31.2. The molecular formula is C73H137N2O6P. The lowest BCUT2D eigenvalue weighted by molar-refractivity contribution is -0.870. The zero-order valence-corrected chi connectivity index (χ0v) is 55.8. The van der Waals surface area contributed by atoms with E-state index in [0.717, 1.165) is 77.0 Å². The Kier molecular flexibility index (Phi) is 61.8. The van der Waals surface area contributed by atoms with Crippen LogP contribution in [-0.2, 0) is 18.4 Å². The van der Waals surface area contributed by atoms with Crippen LogP contribution in [0, 0.1) is 0 Å². The molecule has 3 atom stereocenters. The maximum atomic E-state index is 13.1. The minimum Gasteiger partial charge on any atom is -0.756 e. The minimum absolute atomic E-state index is 0.0128. The summed E-state index contributed by atoms with van der Waals surface area (Å²) in [6, 6.07) is -0.802. The molecule has 8 nitrogen and oxygen atoms in total. The monoisotopic (exact) mass is 1170 g/mol. The van der Waals surface area contributed by atoms with Gasteiger partial charge in [-0.05, 0) is 64.2 Å². The van der Waals surface area contributed by atoms with Gasteiger partial charge in [-0.2, -0.15) is 0 Å². The number of phosphoric acid groups is 1. The predicted molar refractivity (Wildman–Crippen MR) is 357 cm³/mol. The number of allylic oxidation sites excluding steroid dienone is 12. The number of carbonyl (C=O) groups is 1. The van der Waals surface area contributed by atoms with Crippen LogP contribution in [0.2, 0.25) is 0 Å². The summed E-state index contributed by atoms with van der Waals surface area (Å²) in [7, 11) is 1.32. The first-order chi connectivity index (χ1) is 40.0. The van der Waals surface area contributed by atoms with Gasteiger partial charge in [0.25, 0.3) is 7.82 Å². The van der Waals surface area contributed by atoms with Crippen molar-refractivity contribution in [3.8, 4) is 0 Å². The summed E-state index contributed by atoms with van der Waals surface area (Å²) in [6.07, 6.45) is 88.4. The molecule has 2 N–H and O–H groups in total. The number of phosphoric ester groups is 1. The fourth-order valence-electron chi connectivity index (χ4n) is 10.5. The zero-order valence-electron chi connectivity index (χ0n) is 54.9. The smallest absolute Gasteiger partial charge is 0.268 e. The zero-order chi connectivity index (χ0) is 59.8. The third-order valence-electron chi connectivity index (χ3n) is 16.0. The number of nitrogens with one attached hydrogen (secondary N) is 1. The molecule has 3 unspecified atom stereocenters. The van der Waals surface area contributed by atoms with Gasteiger partial charge in [-0.25, -0.2) is 0 Å². The molecule has 0 saturated carbocycles. The molecule has 0 radical (unpaired) electrons. The van der Waals surface area contributed by atoms with E-state index in [1.54, 1.807) is 0 Å². The van der Waals surface area contributed by atoms with Gasteiger partial charge in [0, 0.05) is 6.42 Å². The maximum absolute atomic E-state index is 13.1. The van der Waals surface area contributed by atoms with Crippen LogP contribution < -0.4 is 10.2 Å². The van der Waals surface area contributed by atoms with Gasteiger partial charge in [0.1, 0.15) is 13.2 Å². The number of rotatable bonds is 65. The number of likely N-dealkylation sites (N-methyl/N-ethyl adjacent to an activating group) is 1. The van der Waals surface area contributed by atoms with Gasteiger partial charge < -0.3 is 28.8 Å². The Morgan fingerprint density at radius 3 is 1.09 bits per heavy atom. The van der Waals surface area contributed by atoms with Crippen molar-refractivity contribution < 1.29 is 32.9 Å². The fraction of sp³-hybridized carbons (Fsp3) is 0.822. The molecule has 0 aliphatic rings. The predicted octanol–water partition coefficient (Wildman–Crippen LogP) is 21.9. The molecule has 0 aromatic heterocycles. The van der Waals surface area contributed by atoms with Crippen molar-refractivity contribution in [1.29, 1.82) is 0 Å². The lowest BCUT2D eigenvalue weighted by atomic mass is 10.0. The van der Waals surface area contributed by atoms with Gasteiger partial charge in [0.15, 0.2) is 0 Å². The molecular weight excluding hydrogens is 1030 g/mol. The van der Waals surface area contributed by atoms with E-state index in [4.69, 9.17) is 9.05 Å². The molecule has 9 heteroatoms. The van der Waals surface area contributed by atoms with Crippen molar-refractivity contribution in [3.63, 3.8) is 0 Å². The number of amides is 1. The molecule has 0 fully saturated rings. The number of hydrogen-bond donors (Lipinski definition) is 2. The largest absolute Gasteiger partial charge is 0.756 e. The summed E-state index contributed by atoms with van der Waals surface area (Å²) >= 11 is 0. The topological polar surface area (TPSA) is 108 Å². The Bertz CT molecular complexity index is 1570. The Balaban J connectivity index is 3.96. The van der Waals surface area contributed by atoms with Crippen LogP contribution in [0.25, 0.3) is 0 Å². The van der Waals surface area contributed by atoms with E-state index in [0.29, 0.717) is 23.9 Å². The molecule has 0 aliphatic carbocycles. The lowest BCUT2D eigenvalue weighted by Crippen LogP contribution is -2.46. The number of nitrogens with zero attached hydrogens (tertiary/aromatic N) is 1. The van der Waals surface area contributed by atoms with E-state index >= 15 is 0 Å². The molecule has 0 bridgehead atoms. The van der Waals surface area contributed by atoms with Gasteiger partial charge in [-0.15, -0.1) is 0 Å². The summed E-state index contributed by atoms with van der Waals surface area (Å²) in [5.41, 5.74) is 0. The van der Waals surface area contributed by atoms with Crippen molar-refractivity contribution in [2.24, 2.45) is 0 Å². The first kappa shape index (κ1) is 79.9. The highest BCUT2D eigenvalue weighted by Crippen LogP contribution is 2.38. The summed E-state index contributed by atoms with van der Waals surface area (Å²) in [4.78, 5) is 25.7. The molecule has 1 amide bonds. The fourth-order valence-corrected chi connectivity index (χ4v) is 11.2. The van der Waals surface area contributed by atoms with Crippen molar-refractivity contribution in [3.05, 3.63) is 72.9 Å². The number of hydrogen-bond acceptors (Lipinski definition) is 6. The van der Waals surface area contributed by atoms with Crippen LogP contribution in [0.1, 0.15) is 335 Å². The second kappa shape index (κ2) is 63.4. The van der Waals surface area contributed by atoms with Gasteiger partial charge in [-0.1, -0.05) is 337 Å². The Labute approximate surface area is 510 Å². The molecule has 0 spiro atoms. The summed E-state index contributed by atoms with van der Waals surface area (Å²) in [6.45, 7) is 4.65. The van der Waals surface area contributed by atoms with E-state index < -0.39 is 20.0 Å². The molecule has 0 aliphatic heterocycles. The molecule has 0 aromatic carbocycles. The molecule has 0 aromatic rings. The third-order valence-corrected chi connectivity index (χ3v) is 16.9. The molecule has 0 heterocycles. The number of quaternary nitrogens is 1. The minimum atomic E-state index is -4.58. The highest BCUT2D eigenvalue weighted by Gasteiger charge is 2.24. The van der Waals surface area contributed by atoms with Gasteiger partial charge in [0.2, 0.25) is 5.91 Å². The Morgan fingerprint density at radius 1 is 0.439 bits per heavy atom. The van der Waals surface area contributed by atoms with Crippen molar-refractivity contribution in [2.75, 3.05) is 40.9 Å². The Hall–Kier alpha value is -2.06. The maximum Gasteiger partial charge on any atom is 0.268 e. The van der Waals surface area contributed by atoms with Crippen LogP contribution in [0.4, 0.5) is 0 Å². The number of aliphatic hydroxyl groups is 1. The second-order valence-corrected chi connectivity index (χ2v) is 26.6. The first-order valence-electron chi connectivity index (χ1n) is 35.3. The normalized spacial score (nSPS) is 14.1. The summed E-state index contributed by atoms with van der Waals surface area (Å²) in [5.74, 6) is -0.159. The van der Waals surface area contributed by atoms with E-state index in [9.17, 15) is 19.4 Å². The van der Waals surface area contributed by atoms with Crippen molar-refractivity contribution in [2.45, 2.75) is 347 Å². The van der Waals surface area contributed by atoms with Crippen LogP contribution in [0.15, 0.2) is 72.9 Å². The van der Waals surface area contributed by atoms with E-state index in [-0.39, 0.29) is 19.1 Å². The Morgan fingerprint density at radius 2 is 0.744 bits per heavy atom. The molecule has 480 valence electrons. The van der Waals surface area contributed by atoms with E-state index in [1.165, 1.54) is 231 Å². The molecule has 0 saturated heterocycles. The SMILES string of the molecule is CC/C=C\C/C=C\C/C=C\C/C=C\C/C=C\C/C=C\CCCCCCCCCCCCCCCCCCCCCCC(=O)NC(COP(=O)([O-])OCC[N+](C)(C)C)C(O)CCCCCCCCCCCCCCCCCCCCCCC. The van der Waals surface area contributed by atoms with Gasteiger partial charge >= 0.3 is 0 Å². The number of carbonyl (C=O) groups excluding carboxylic acids is 1. The first-order valence-corrected chi connectivity index (χ1v) is 36.7. The van der Waals surface area contributed by atoms with E-state index in [2.05, 4.69) is 92.1 Å². The van der Waals surface area contributed by atoms with E-state index in [1.807, 2.05) is 21.1 Å². The van der Waals surface area contributed by atoms with Gasteiger partial charge in [-0.3, -0.25) is 9.36 Å². The molecule has 0 rings (SSSR count). The van der Waals surface area contributed by atoms with Crippen LogP contribution in [-0.4, -0.2) is 68.5 Å².